The van der Waals surface area contributed by atoms with Gasteiger partial charge in [-0.15, -0.1) is 0 Å². The lowest BCUT2D eigenvalue weighted by atomic mass is 10.0. The number of carbonyl (C=O) groups excluding carboxylic acids is 1. The molecule has 1 saturated heterocycles. The molecule has 24 heavy (non-hydrogen) atoms. The number of benzene rings is 1. The van der Waals surface area contributed by atoms with Gasteiger partial charge < -0.3 is 4.90 Å². The Bertz CT molecular complexity index is 639. The van der Waals surface area contributed by atoms with E-state index in [1.54, 1.807) is 12.1 Å². The summed E-state index contributed by atoms with van der Waals surface area (Å²) in [5, 5.41) is 0. The lowest BCUT2D eigenvalue weighted by molar-refractivity contribution is -0.130. The van der Waals surface area contributed by atoms with Crippen LogP contribution in [0.15, 0.2) is 29.2 Å². The molecule has 6 heteroatoms. The van der Waals surface area contributed by atoms with E-state index < -0.39 is 10.0 Å². The predicted molar refractivity (Wildman–Crippen MR) is 95.4 cm³/mol. The zero-order chi connectivity index (χ0) is 17.6. The third-order valence-corrected chi connectivity index (χ3v) is 5.90. The summed E-state index contributed by atoms with van der Waals surface area (Å²) in [6.07, 6.45) is 4.36. The average Bonchev–Trinajstić information content (AvgIpc) is 2.76. The highest BCUT2D eigenvalue weighted by molar-refractivity contribution is 7.89. The topological polar surface area (TPSA) is 66.5 Å². The number of nitrogens with one attached hydrogen (secondary N) is 1. The molecule has 1 aromatic rings. The van der Waals surface area contributed by atoms with Crippen LogP contribution in [0.5, 0.6) is 0 Å². The first-order chi connectivity index (χ1) is 11.4. The van der Waals surface area contributed by atoms with Gasteiger partial charge in [0.1, 0.15) is 0 Å². The fourth-order valence-corrected chi connectivity index (χ4v) is 3.94. The van der Waals surface area contributed by atoms with Crippen molar-refractivity contribution >= 4 is 15.9 Å². The van der Waals surface area contributed by atoms with Gasteiger partial charge in [-0.3, -0.25) is 4.79 Å². The lowest BCUT2D eigenvalue weighted by Gasteiger charge is -2.20. The molecule has 0 bridgehead atoms. The van der Waals surface area contributed by atoms with Crippen LogP contribution in [0.4, 0.5) is 0 Å². The van der Waals surface area contributed by atoms with E-state index in [1.807, 2.05) is 17.0 Å². The molecule has 1 amide bonds. The van der Waals surface area contributed by atoms with Crippen molar-refractivity contribution in [1.82, 2.24) is 9.62 Å². The first-order valence-corrected chi connectivity index (χ1v) is 10.3. The molecule has 0 aromatic heterocycles. The minimum absolute atomic E-state index is 0.194. The molecule has 0 spiro atoms. The highest BCUT2D eigenvalue weighted by Gasteiger charge is 2.17. The molecule has 1 heterocycles. The van der Waals surface area contributed by atoms with Crippen molar-refractivity contribution in [3.63, 3.8) is 0 Å². The first kappa shape index (κ1) is 18.9. The van der Waals surface area contributed by atoms with E-state index in [0.717, 1.165) is 31.4 Å². The molecule has 1 aliphatic rings. The van der Waals surface area contributed by atoms with E-state index >= 15 is 0 Å². The van der Waals surface area contributed by atoms with Crippen molar-refractivity contribution < 1.29 is 13.2 Å². The molecule has 0 saturated carbocycles. The largest absolute Gasteiger partial charge is 0.343 e. The number of carbonyl (C=O) groups is 1. The second-order valence-corrected chi connectivity index (χ2v) is 8.43. The third kappa shape index (κ3) is 5.31. The Morgan fingerprint density at radius 3 is 2.50 bits per heavy atom. The Morgan fingerprint density at radius 1 is 1.12 bits per heavy atom. The fraction of sp³-hybridized carbons (Fsp3) is 0.611. The summed E-state index contributed by atoms with van der Waals surface area (Å²) in [7, 11) is -3.48. The summed E-state index contributed by atoms with van der Waals surface area (Å²) < 4.78 is 27.2. The highest BCUT2D eigenvalue weighted by Crippen LogP contribution is 2.17. The van der Waals surface area contributed by atoms with Crippen LogP contribution in [0.1, 0.15) is 57.4 Å². The first-order valence-electron chi connectivity index (χ1n) is 8.77. The maximum Gasteiger partial charge on any atom is 0.240 e. The van der Waals surface area contributed by atoms with Crippen molar-refractivity contribution in [2.75, 3.05) is 19.6 Å². The smallest absolute Gasteiger partial charge is 0.240 e. The normalized spacial score (nSPS) is 16.5. The second-order valence-electron chi connectivity index (χ2n) is 6.67. The lowest BCUT2D eigenvalue weighted by Crippen LogP contribution is -2.34. The van der Waals surface area contributed by atoms with Gasteiger partial charge in [-0.05, 0) is 42.9 Å². The van der Waals surface area contributed by atoms with E-state index in [1.165, 1.54) is 0 Å². The van der Waals surface area contributed by atoms with Gasteiger partial charge in [0.05, 0.1) is 4.90 Å². The number of rotatable bonds is 7. The third-order valence-electron chi connectivity index (χ3n) is 4.43. The maximum atomic E-state index is 12.3. The number of likely N-dealkylation sites (tertiary alicyclic amines) is 1. The summed E-state index contributed by atoms with van der Waals surface area (Å²) in [6.45, 7) is 5.91. The summed E-state index contributed by atoms with van der Waals surface area (Å²) in [5.41, 5.74) is 1.12. The van der Waals surface area contributed by atoms with Crippen LogP contribution in [-0.4, -0.2) is 38.9 Å². The van der Waals surface area contributed by atoms with Crippen molar-refractivity contribution in [3.8, 4) is 0 Å². The van der Waals surface area contributed by atoms with Crippen LogP contribution in [0, 0.1) is 0 Å². The highest BCUT2D eigenvalue weighted by atomic mass is 32.2. The molecule has 1 fully saturated rings. The Hall–Kier alpha value is -1.40. The molecule has 0 unspecified atom stereocenters. The van der Waals surface area contributed by atoms with E-state index in [0.29, 0.717) is 31.8 Å². The maximum absolute atomic E-state index is 12.3. The number of sulfonamides is 1. The summed E-state index contributed by atoms with van der Waals surface area (Å²) in [6, 6.07) is 7.01. The van der Waals surface area contributed by atoms with Crippen LogP contribution in [0.3, 0.4) is 0 Å². The van der Waals surface area contributed by atoms with Crippen LogP contribution in [0.25, 0.3) is 0 Å². The predicted octanol–water partition coefficient (Wildman–Crippen LogP) is 2.88. The Labute approximate surface area is 145 Å². The van der Waals surface area contributed by atoms with Gasteiger partial charge in [0.15, 0.2) is 0 Å². The summed E-state index contributed by atoms with van der Waals surface area (Å²) in [5.74, 6) is 0.570. The van der Waals surface area contributed by atoms with Gasteiger partial charge in [-0.1, -0.05) is 32.4 Å². The Kier molecular flexibility index (Phi) is 6.80. The van der Waals surface area contributed by atoms with Crippen molar-refractivity contribution in [2.45, 2.75) is 56.8 Å². The van der Waals surface area contributed by atoms with Gasteiger partial charge in [0, 0.05) is 26.1 Å². The molecular weight excluding hydrogens is 324 g/mol. The van der Waals surface area contributed by atoms with Gasteiger partial charge in [-0.25, -0.2) is 13.1 Å². The van der Waals surface area contributed by atoms with E-state index in [-0.39, 0.29) is 10.8 Å². The summed E-state index contributed by atoms with van der Waals surface area (Å²) >= 11 is 0. The van der Waals surface area contributed by atoms with Crippen LogP contribution in [-0.2, 0) is 14.8 Å². The molecule has 2 rings (SSSR count). The minimum Gasteiger partial charge on any atom is -0.343 e. The molecule has 1 N–H and O–H groups in total. The Morgan fingerprint density at radius 2 is 1.83 bits per heavy atom. The number of hydrogen-bond acceptors (Lipinski definition) is 3. The zero-order valence-electron chi connectivity index (χ0n) is 14.6. The number of amides is 1. The zero-order valence-corrected chi connectivity index (χ0v) is 15.4. The standard InChI is InChI=1S/C18H28N2O3S/c1-15(2)16-8-10-17(11-9-16)24(22,23)19-12-6-14-20-13-5-3-4-7-18(20)21/h8-11,15,19H,3-7,12-14H2,1-2H3. The van der Waals surface area contributed by atoms with Gasteiger partial charge in [-0.2, -0.15) is 0 Å². The monoisotopic (exact) mass is 352 g/mol. The van der Waals surface area contributed by atoms with E-state index in [9.17, 15) is 13.2 Å². The van der Waals surface area contributed by atoms with Gasteiger partial charge >= 0.3 is 0 Å². The van der Waals surface area contributed by atoms with Gasteiger partial charge in [0.25, 0.3) is 0 Å². The van der Waals surface area contributed by atoms with E-state index in [4.69, 9.17) is 0 Å². The quantitative estimate of drug-likeness (QED) is 0.767. The van der Waals surface area contributed by atoms with Gasteiger partial charge in [0.2, 0.25) is 15.9 Å². The molecular formula is C18H28N2O3S. The molecule has 1 aromatic carbocycles. The van der Waals surface area contributed by atoms with Crippen LogP contribution in [0.2, 0.25) is 0 Å². The SMILES string of the molecule is CC(C)c1ccc(S(=O)(=O)NCCCN2CCCCCC2=O)cc1. The molecule has 0 radical (unpaired) electrons. The number of nitrogens with zero attached hydrogens (tertiary/aromatic N) is 1. The van der Waals surface area contributed by atoms with Crippen molar-refractivity contribution in [3.05, 3.63) is 29.8 Å². The second kappa shape index (κ2) is 8.62. The van der Waals surface area contributed by atoms with Crippen LogP contribution >= 0.6 is 0 Å². The Balaban J connectivity index is 1.83. The fourth-order valence-electron chi connectivity index (χ4n) is 2.87. The average molecular weight is 353 g/mol. The van der Waals surface area contributed by atoms with Crippen LogP contribution < -0.4 is 4.72 Å². The molecule has 1 aliphatic heterocycles. The van der Waals surface area contributed by atoms with Crippen molar-refractivity contribution in [1.29, 1.82) is 0 Å². The molecule has 134 valence electrons. The molecule has 0 aliphatic carbocycles. The summed E-state index contributed by atoms with van der Waals surface area (Å²) in [4.78, 5) is 14.1. The molecule has 0 atom stereocenters. The minimum atomic E-state index is -3.48. The number of hydrogen-bond donors (Lipinski definition) is 1. The van der Waals surface area contributed by atoms with E-state index in [2.05, 4.69) is 18.6 Å². The van der Waals surface area contributed by atoms with Crippen molar-refractivity contribution in [2.24, 2.45) is 0 Å². The molecule has 5 nitrogen and oxygen atoms in total.